The third-order valence-electron chi connectivity index (χ3n) is 9.18. The lowest BCUT2D eigenvalue weighted by Crippen LogP contribution is -2.38. The molecule has 3 unspecified atom stereocenters. The van der Waals surface area contributed by atoms with Gasteiger partial charge >= 0.3 is 18.4 Å². The number of nitrogens with zero attached hydrogens (tertiary/aromatic N) is 3. The van der Waals surface area contributed by atoms with Crippen molar-refractivity contribution in [2.45, 2.75) is 75.7 Å². The van der Waals surface area contributed by atoms with Gasteiger partial charge in [-0.1, -0.05) is 6.07 Å². The number of carbonyl (C=O) groups is 1. The maximum Gasteiger partial charge on any atom is 0.416 e. The van der Waals surface area contributed by atoms with Crippen LogP contribution in [0.2, 0.25) is 0 Å². The number of rotatable bonds is 7. The van der Waals surface area contributed by atoms with Crippen LogP contribution in [0.1, 0.15) is 72.6 Å². The zero-order valence-corrected chi connectivity index (χ0v) is 25.2. The minimum atomic E-state index is -5.04. The number of cyclic esters (lactones) is 1. The number of hydrogen-bond donors (Lipinski definition) is 1. The first kappa shape index (κ1) is 32.0. The van der Waals surface area contributed by atoms with Crippen molar-refractivity contribution >= 4 is 11.9 Å². The Morgan fingerprint density at radius 1 is 0.935 bits per heavy atom. The van der Waals surface area contributed by atoms with Crippen molar-refractivity contribution in [1.29, 1.82) is 0 Å². The minimum Gasteiger partial charge on any atom is -0.496 e. The minimum absolute atomic E-state index is 0.0496. The number of anilines is 1. The van der Waals surface area contributed by atoms with Crippen LogP contribution in [0.5, 0.6) is 5.75 Å². The zero-order chi connectivity index (χ0) is 33.0. The third-order valence-corrected chi connectivity index (χ3v) is 9.18. The second-order valence-electron chi connectivity index (χ2n) is 12.1. The highest BCUT2D eigenvalue weighted by Crippen LogP contribution is 2.43. The van der Waals surface area contributed by atoms with E-state index in [-0.39, 0.29) is 24.6 Å². The lowest BCUT2D eigenvalue weighted by atomic mass is 9.92. The summed E-state index contributed by atoms with van der Waals surface area (Å²) in [7, 11) is 1.54. The molecule has 3 heterocycles. The van der Waals surface area contributed by atoms with Crippen LogP contribution >= 0.6 is 0 Å². The van der Waals surface area contributed by atoms with E-state index in [9.17, 15) is 36.2 Å². The molecule has 0 bridgehead atoms. The Kier molecular flexibility index (Phi) is 8.32. The second-order valence-corrected chi connectivity index (χ2v) is 12.1. The lowest BCUT2D eigenvalue weighted by Gasteiger charge is -2.33. The fourth-order valence-electron chi connectivity index (χ4n) is 6.49. The number of carbonyl (C=O) groups excluding carboxylic acids is 1. The molecular formula is C33H33F6N3O4. The topological polar surface area (TPSA) is 75.1 Å². The summed E-state index contributed by atoms with van der Waals surface area (Å²) in [6.45, 7) is 3.01. The summed E-state index contributed by atoms with van der Waals surface area (Å²) in [5.74, 6) is 1.39. The van der Waals surface area contributed by atoms with Crippen LogP contribution in [-0.2, 0) is 23.6 Å². The first-order chi connectivity index (χ1) is 21.7. The molecule has 6 rings (SSSR count). The molecule has 3 aliphatic rings. The van der Waals surface area contributed by atoms with Crippen LogP contribution in [0.4, 0.5) is 37.0 Å². The Morgan fingerprint density at radius 2 is 1.63 bits per heavy atom. The molecule has 3 fully saturated rings. The van der Waals surface area contributed by atoms with E-state index in [0.717, 1.165) is 31.5 Å². The summed E-state index contributed by atoms with van der Waals surface area (Å²) in [5, 5.41) is 10.1. The van der Waals surface area contributed by atoms with Gasteiger partial charge in [0.25, 0.3) is 0 Å². The van der Waals surface area contributed by atoms with Crippen molar-refractivity contribution in [3.05, 3.63) is 76.5 Å². The molecule has 0 radical (unpaired) electrons. The number of benzene rings is 2. The quantitative estimate of drug-likeness (QED) is 0.264. The third kappa shape index (κ3) is 6.21. The largest absolute Gasteiger partial charge is 0.496 e. The number of aliphatic hydroxyl groups excluding tert-OH is 1. The zero-order valence-electron chi connectivity index (χ0n) is 25.2. The molecule has 1 amide bonds. The SMILES string of the molecule is COc1ccc(C2CCC(O)C2)cc1-c1ccc(N2CCC2)nc1CN1C(=O)OC(c2cc(C(F)(F)F)cc(C(F)(F)F)c2)[C@@H]1C. The summed E-state index contributed by atoms with van der Waals surface area (Å²) < 4.78 is 92.7. The average Bonchev–Trinajstić information content (AvgIpc) is 3.53. The van der Waals surface area contributed by atoms with E-state index in [0.29, 0.717) is 53.4 Å². The molecule has 2 saturated heterocycles. The highest BCUT2D eigenvalue weighted by molar-refractivity contribution is 5.76. The molecule has 1 aliphatic carbocycles. The van der Waals surface area contributed by atoms with Crippen LogP contribution < -0.4 is 9.64 Å². The van der Waals surface area contributed by atoms with Gasteiger partial charge in [-0.2, -0.15) is 26.3 Å². The van der Waals surface area contributed by atoms with Crippen molar-refractivity contribution in [2.75, 3.05) is 25.1 Å². The van der Waals surface area contributed by atoms with E-state index in [1.165, 1.54) is 18.9 Å². The number of ether oxygens (including phenoxy) is 2. The lowest BCUT2D eigenvalue weighted by molar-refractivity contribution is -0.143. The first-order valence-electron chi connectivity index (χ1n) is 15.1. The Bertz CT molecular complexity index is 1590. The molecule has 4 atom stereocenters. The number of hydrogen-bond acceptors (Lipinski definition) is 6. The van der Waals surface area contributed by atoms with E-state index in [1.807, 2.05) is 30.3 Å². The fourth-order valence-corrected chi connectivity index (χ4v) is 6.49. The Labute approximate surface area is 261 Å². The van der Waals surface area contributed by atoms with Gasteiger partial charge in [-0.05, 0) is 92.1 Å². The van der Waals surface area contributed by atoms with Gasteiger partial charge in [-0.15, -0.1) is 0 Å². The monoisotopic (exact) mass is 649 g/mol. The van der Waals surface area contributed by atoms with Crippen molar-refractivity contribution in [3.63, 3.8) is 0 Å². The highest BCUT2D eigenvalue weighted by atomic mass is 19.4. The van der Waals surface area contributed by atoms with Gasteiger partial charge in [0.1, 0.15) is 17.7 Å². The normalized spacial score (nSPS) is 23.5. The summed E-state index contributed by atoms with van der Waals surface area (Å²) in [6, 6.07) is 9.86. The van der Waals surface area contributed by atoms with Gasteiger partial charge in [0, 0.05) is 24.2 Å². The molecule has 0 spiro atoms. The van der Waals surface area contributed by atoms with Crippen LogP contribution in [-0.4, -0.2) is 53.4 Å². The van der Waals surface area contributed by atoms with Crippen LogP contribution in [0.3, 0.4) is 0 Å². The maximum atomic E-state index is 13.6. The number of amides is 1. The Balaban J connectivity index is 1.37. The number of methoxy groups -OCH3 is 1. The van der Waals surface area contributed by atoms with Gasteiger partial charge in [0.05, 0.1) is 42.6 Å². The Hall–Kier alpha value is -4.00. The average molecular weight is 650 g/mol. The number of alkyl halides is 6. The van der Waals surface area contributed by atoms with Crippen LogP contribution in [0, 0.1) is 0 Å². The number of halogens is 6. The second kappa shape index (κ2) is 12.0. The molecule has 2 aromatic carbocycles. The fraction of sp³-hybridized carbons (Fsp3) is 0.455. The number of aliphatic hydroxyl groups is 1. The van der Waals surface area contributed by atoms with Crippen LogP contribution in [0.25, 0.3) is 11.1 Å². The summed E-state index contributed by atoms with van der Waals surface area (Å²) in [6.07, 6.45) is -9.56. The van der Waals surface area contributed by atoms with E-state index >= 15 is 0 Å². The highest BCUT2D eigenvalue weighted by Gasteiger charge is 2.43. The summed E-state index contributed by atoms with van der Waals surface area (Å²) in [4.78, 5) is 21.5. The van der Waals surface area contributed by atoms with Gasteiger partial charge in [0.15, 0.2) is 0 Å². The van der Waals surface area contributed by atoms with Crippen molar-refractivity contribution in [2.24, 2.45) is 0 Å². The van der Waals surface area contributed by atoms with E-state index in [2.05, 4.69) is 4.90 Å². The summed E-state index contributed by atoms with van der Waals surface area (Å²) in [5.41, 5.74) is -0.507. The Morgan fingerprint density at radius 3 is 2.20 bits per heavy atom. The molecule has 1 saturated carbocycles. The van der Waals surface area contributed by atoms with Crippen molar-refractivity contribution < 1.29 is 45.7 Å². The van der Waals surface area contributed by atoms with Crippen molar-refractivity contribution in [3.8, 4) is 16.9 Å². The molecule has 7 nitrogen and oxygen atoms in total. The maximum absolute atomic E-state index is 13.6. The molecule has 13 heteroatoms. The predicted octanol–water partition coefficient (Wildman–Crippen LogP) is 7.72. The van der Waals surface area contributed by atoms with Gasteiger partial charge in [-0.25, -0.2) is 9.78 Å². The van der Waals surface area contributed by atoms with E-state index in [4.69, 9.17) is 14.5 Å². The predicted molar refractivity (Wildman–Crippen MR) is 156 cm³/mol. The number of pyridine rings is 1. The molecule has 2 aliphatic heterocycles. The van der Waals surface area contributed by atoms with Gasteiger partial charge in [-0.3, -0.25) is 4.90 Å². The molecule has 3 aromatic rings. The molecular weight excluding hydrogens is 616 g/mol. The van der Waals surface area contributed by atoms with Crippen LogP contribution in [0.15, 0.2) is 48.5 Å². The molecule has 1 N–H and O–H groups in total. The van der Waals surface area contributed by atoms with E-state index in [1.54, 1.807) is 0 Å². The number of aromatic nitrogens is 1. The van der Waals surface area contributed by atoms with Crippen molar-refractivity contribution in [1.82, 2.24) is 9.88 Å². The summed E-state index contributed by atoms with van der Waals surface area (Å²) >= 11 is 0. The molecule has 246 valence electrons. The van der Waals surface area contributed by atoms with Gasteiger partial charge < -0.3 is 19.5 Å². The first-order valence-corrected chi connectivity index (χ1v) is 15.1. The van der Waals surface area contributed by atoms with Gasteiger partial charge in [0.2, 0.25) is 0 Å². The molecule has 1 aromatic heterocycles. The van der Waals surface area contributed by atoms with E-state index < -0.39 is 47.3 Å². The molecule has 46 heavy (non-hydrogen) atoms. The smallest absolute Gasteiger partial charge is 0.416 e. The standard InChI is InChI=1S/C33H33F6N3O4/c1-18-30(21-12-22(32(34,35)36)16-23(13-21)33(37,38)39)46-31(44)42(18)17-27-25(7-9-29(40-27)41-10-3-11-41)26-15-20(5-8-28(26)45-2)19-4-6-24(43)14-19/h5,7-9,12-13,15-16,18-19,24,30,43H,3-4,6,10-11,14,17H2,1-2H3/t18-,19?,24?,30?/m0/s1.